The fourth-order valence-electron chi connectivity index (χ4n) is 3.17. The number of amides is 1. The first-order valence-electron chi connectivity index (χ1n) is 9.22. The molecule has 4 rings (SSSR count). The molecule has 7 nitrogen and oxygen atoms in total. The van der Waals surface area contributed by atoms with Gasteiger partial charge in [-0.2, -0.15) is 0 Å². The van der Waals surface area contributed by atoms with Crippen molar-refractivity contribution in [1.29, 1.82) is 0 Å². The number of hydrogen-bond acceptors (Lipinski definition) is 4. The van der Waals surface area contributed by atoms with Crippen molar-refractivity contribution in [3.63, 3.8) is 0 Å². The number of nitrogens with one attached hydrogen (secondary N) is 1. The highest BCUT2D eigenvalue weighted by atomic mass is 35.5. The number of H-pyrrole nitrogens is 1. The van der Waals surface area contributed by atoms with Gasteiger partial charge in [0.2, 0.25) is 0 Å². The number of nitrogens with zero attached hydrogens (tertiary/aromatic N) is 4. The van der Waals surface area contributed by atoms with E-state index in [-0.39, 0.29) is 23.8 Å². The van der Waals surface area contributed by atoms with Crippen LogP contribution in [0.2, 0.25) is 5.02 Å². The third kappa shape index (κ3) is 3.81. The number of aromatic nitrogens is 4. The largest absolute Gasteiger partial charge is 0.330 e. The average Bonchev–Trinajstić information content (AvgIpc) is 3.21. The Morgan fingerprint density at radius 3 is 2.73 bits per heavy atom. The molecule has 0 radical (unpaired) electrons. The highest BCUT2D eigenvalue weighted by Crippen LogP contribution is 2.17. The maximum absolute atomic E-state index is 13.2. The van der Waals surface area contributed by atoms with Gasteiger partial charge in [-0.05, 0) is 49.4 Å². The normalized spacial score (nSPS) is 11.0. The summed E-state index contributed by atoms with van der Waals surface area (Å²) < 4.78 is 14.8. The molecular formula is C21H17ClFN5O2. The number of carbonyl (C=O) groups is 1. The van der Waals surface area contributed by atoms with Crippen LogP contribution >= 0.6 is 11.6 Å². The predicted molar refractivity (Wildman–Crippen MR) is 111 cm³/mol. The van der Waals surface area contributed by atoms with Crippen LogP contribution in [-0.2, 0) is 6.54 Å². The van der Waals surface area contributed by atoms with Crippen molar-refractivity contribution in [2.24, 2.45) is 0 Å². The fraction of sp³-hybridized carbons (Fsp3) is 0.143. The first-order chi connectivity index (χ1) is 14.5. The second-order valence-corrected chi connectivity index (χ2v) is 7.06. The van der Waals surface area contributed by atoms with Gasteiger partial charge in [0.15, 0.2) is 0 Å². The lowest BCUT2D eigenvalue weighted by atomic mass is 10.2. The van der Waals surface area contributed by atoms with Crippen LogP contribution in [0.4, 0.5) is 4.39 Å². The molecule has 0 saturated carbocycles. The lowest BCUT2D eigenvalue weighted by Gasteiger charge is -2.21. The molecule has 2 aromatic heterocycles. The van der Waals surface area contributed by atoms with Gasteiger partial charge in [-0.1, -0.05) is 11.6 Å². The van der Waals surface area contributed by atoms with E-state index in [1.165, 1.54) is 29.6 Å². The Kier molecular flexibility index (Phi) is 5.33. The Morgan fingerprint density at radius 1 is 1.23 bits per heavy atom. The van der Waals surface area contributed by atoms with E-state index in [4.69, 9.17) is 11.6 Å². The summed E-state index contributed by atoms with van der Waals surface area (Å²) in [5, 5.41) is 0.894. The van der Waals surface area contributed by atoms with Crippen molar-refractivity contribution in [3.8, 4) is 5.69 Å². The third-order valence-electron chi connectivity index (χ3n) is 4.69. The molecule has 9 heteroatoms. The van der Waals surface area contributed by atoms with Gasteiger partial charge >= 0.3 is 0 Å². The Morgan fingerprint density at radius 2 is 2.00 bits per heavy atom. The molecule has 30 heavy (non-hydrogen) atoms. The van der Waals surface area contributed by atoms with Crippen LogP contribution in [0, 0.1) is 5.82 Å². The molecule has 4 aromatic rings. The topological polar surface area (TPSA) is 83.9 Å². The monoisotopic (exact) mass is 425 g/mol. The summed E-state index contributed by atoms with van der Waals surface area (Å²) >= 11 is 6.01. The Bertz CT molecular complexity index is 1280. The van der Waals surface area contributed by atoms with E-state index in [0.29, 0.717) is 39.7 Å². The number of fused-ring (bicyclic) bond motifs is 1. The second-order valence-electron chi connectivity index (χ2n) is 6.62. The van der Waals surface area contributed by atoms with E-state index >= 15 is 0 Å². The van der Waals surface area contributed by atoms with Crippen LogP contribution < -0.4 is 5.56 Å². The molecule has 152 valence electrons. The van der Waals surface area contributed by atoms with Crippen LogP contribution in [0.5, 0.6) is 0 Å². The summed E-state index contributed by atoms with van der Waals surface area (Å²) in [7, 11) is 0. The molecule has 0 atom stereocenters. The molecule has 2 aromatic carbocycles. The van der Waals surface area contributed by atoms with Gasteiger partial charge in [-0.25, -0.2) is 14.4 Å². The highest BCUT2D eigenvalue weighted by molar-refractivity contribution is 6.31. The van der Waals surface area contributed by atoms with Crippen molar-refractivity contribution in [1.82, 2.24) is 24.4 Å². The summed E-state index contributed by atoms with van der Waals surface area (Å²) in [5.74, 6) is -0.320. The molecule has 1 N–H and O–H groups in total. The van der Waals surface area contributed by atoms with Gasteiger partial charge in [-0.3, -0.25) is 14.2 Å². The van der Waals surface area contributed by atoms with Gasteiger partial charge in [0.25, 0.3) is 11.5 Å². The summed E-state index contributed by atoms with van der Waals surface area (Å²) in [5.41, 5.74) is 1.09. The highest BCUT2D eigenvalue weighted by Gasteiger charge is 2.20. The number of carbonyl (C=O) groups excluding carboxylic acids is 1. The Balaban J connectivity index is 1.65. The molecule has 2 heterocycles. The Hall–Kier alpha value is -3.52. The zero-order valence-electron chi connectivity index (χ0n) is 16.0. The maximum atomic E-state index is 13.2. The Labute approximate surface area is 175 Å². The lowest BCUT2D eigenvalue weighted by molar-refractivity contribution is 0.0740. The number of aromatic amines is 1. The number of halogens is 2. The average molecular weight is 426 g/mol. The molecule has 0 bridgehead atoms. The number of rotatable bonds is 5. The number of hydrogen-bond donors (Lipinski definition) is 1. The molecule has 0 saturated heterocycles. The second kappa shape index (κ2) is 8.08. The van der Waals surface area contributed by atoms with Crippen LogP contribution in [0.1, 0.15) is 23.2 Å². The molecule has 0 aliphatic carbocycles. The molecule has 0 fully saturated rings. The number of imidazole rings is 1. The summed E-state index contributed by atoms with van der Waals surface area (Å²) in [4.78, 5) is 38.3. The van der Waals surface area contributed by atoms with Crippen LogP contribution in [-0.4, -0.2) is 36.9 Å². The van der Waals surface area contributed by atoms with Gasteiger partial charge in [-0.15, -0.1) is 0 Å². The van der Waals surface area contributed by atoms with E-state index in [1.54, 1.807) is 34.9 Å². The molecular weight excluding hydrogens is 409 g/mol. The first kappa shape index (κ1) is 19.8. The predicted octanol–water partition coefficient (Wildman–Crippen LogP) is 3.56. The third-order valence-corrected chi connectivity index (χ3v) is 4.92. The summed E-state index contributed by atoms with van der Waals surface area (Å²) in [6, 6.07) is 10.6. The molecule has 1 amide bonds. The lowest BCUT2D eigenvalue weighted by Crippen LogP contribution is -2.33. The maximum Gasteiger partial charge on any atom is 0.272 e. The minimum Gasteiger partial charge on any atom is -0.330 e. The molecule has 0 aliphatic heterocycles. The molecule has 0 unspecified atom stereocenters. The zero-order valence-corrected chi connectivity index (χ0v) is 16.7. The van der Waals surface area contributed by atoms with Gasteiger partial charge in [0.1, 0.15) is 17.3 Å². The minimum absolute atomic E-state index is 0.0988. The van der Waals surface area contributed by atoms with E-state index in [9.17, 15) is 14.0 Å². The van der Waals surface area contributed by atoms with Crippen molar-refractivity contribution in [2.45, 2.75) is 13.5 Å². The molecule has 0 spiro atoms. The van der Waals surface area contributed by atoms with E-state index in [1.807, 2.05) is 6.92 Å². The van der Waals surface area contributed by atoms with Crippen molar-refractivity contribution in [2.75, 3.05) is 6.54 Å². The van der Waals surface area contributed by atoms with E-state index < -0.39 is 0 Å². The SMILES string of the molecule is CCN(Cc1nc2cc(Cl)ccc2c(=O)[nH]1)C(=O)c1cncn1-c1ccc(F)cc1. The minimum atomic E-state index is -0.367. The van der Waals surface area contributed by atoms with Crippen LogP contribution in [0.3, 0.4) is 0 Å². The van der Waals surface area contributed by atoms with Crippen molar-refractivity contribution >= 4 is 28.4 Å². The quantitative estimate of drug-likeness (QED) is 0.530. The summed E-state index contributed by atoms with van der Waals surface area (Å²) in [6.45, 7) is 2.30. The number of benzene rings is 2. The zero-order chi connectivity index (χ0) is 21.3. The fourth-order valence-corrected chi connectivity index (χ4v) is 3.33. The standard InChI is InChI=1S/C21H17ClFN5O2/c1-2-27(11-19-25-17-9-13(22)3-8-16(17)20(29)26-19)21(30)18-10-24-12-28(18)15-6-4-14(23)5-7-15/h3-10,12H,2,11H2,1H3,(H,25,26,29). The smallest absolute Gasteiger partial charge is 0.272 e. The van der Waals surface area contributed by atoms with Crippen LogP contribution in [0.25, 0.3) is 16.6 Å². The van der Waals surface area contributed by atoms with E-state index in [2.05, 4.69) is 15.0 Å². The van der Waals surface area contributed by atoms with Crippen molar-refractivity contribution in [3.05, 3.63) is 87.7 Å². The first-order valence-corrected chi connectivity index (χ1v) is 9.60. The summed E-state index contributed by atoms with van der Waals surface area (Å²) in [6.07, 6.45) is 2.94. The van der Waals surface area contributed by atoms with Crippen LogP contribution in [0.15, 0.2) is 59.8 Å². The van der Waals surface area contributed by atoms with Crippen molar-refractivity contribution < 1.29 is 9.18 Å². The van der Waals surface area contributed by atoms with Gasteiger partial charge in [0, 0.05) is 17.3 Å². The molecule has 0 aliphatic rings. The van der Waals surface area contributed by atoms with Gasteiger partial charge in [0.05, 0.1) is 30.0 Å². The van der Waals surface area contributed by atoms with Gasteiger partial charge < -0.3 is 9.88 Å². The van der Waals surface area contributed by atoms with E-state index in [0.717, 1.165) is 0 Å².